The van der Waals surface area contributed by atoms with Crippen molar-refractivity contribution in [1.82, 2.24) is 9.97 Å². The molecule has 0 radical (unpaired) electrons. The summed E-state index contributed by atoms with van der Waals surface area (Å²) in [7, 11) is 0. The molecule has 0 aliphatic heterocycles. The lowest BCUT2D eigenvalue weighted by atomic mass is 10.1. The maximum atomic E-state index is 12.7. The van der Waals surface area contributed by atoms with Gasteiger partial charge in [-0.25, -0.2) is 9.97 Å². The highest BCUT2D eigenvalue weighted by molar-refractivity contribution is 6.03. The van der Waals surface area contributed by atoms with E-state index in [1.165, 1.54) is 0 Å². The minimum atomic E-state index is -0.253. The van der Waals surface area contributed by atoms with Gasteiger partial charge in [0.1, 0.15) is 17.3 Å². The van der Waals surface area contributed by atoms with E-state index in [9.17, 15) is 4.79 Å². The zero-order valence-electron chi connectivity index (χ0n) is 15.4. The molecular formula is C21H22N4O. The highest BCUT2D eigenvalue weighted by Gasteiger charge is 2.12. The standard InChI is InChI=1S/C21H22N4O/c1-13-7-5-9-17(11-13)24-20-12-19(22-16(4)23-20)21(26)25-18-10-6-8-14(2)15(18)3/h5-12H,1-4H3,(H,25,26)(H,22,23,24). The van der Waals surface area contributed by atoms with Crippen molar-refractivity contribution in [3.8, 4) is 0 Å². The Morgan fingerprint density at radius 1 is 0.923 bits per heavy atom. The van der Waals surface area contributed by atoms with Crippen LogP contribution in [-0.2, 0) is 0 Å². The van der Waals surface area contributed by atoms with Crippen molar-refractivity contribution in [3.05, 3.63) is 76.7 Å². The fourth-order valence-corrected chi connectivity index (χ4v) is 2.69. The van der Waals surface area contributed by atoms with E-state index in [1.807, 2.05) is 63.2 Å². The Morgan fingerprint density at radius 3 is 2.46 bits per heavy atom. The third kappa shape index (κ3) is 4.06. The largest absolute Gasteiger partial charge is 0.340 e. The van der Waals surface area contributed by atoms with Gasteiger partial charge in [0, 0.05) is 17.4 Å². The lowest BCUT2D eigenvalue weighted by Crippen LogP contribution is -2.16. The van der Waals surface area contributed by atoms with Crippen molar-refractivity contribution < 1.29 is 4.79 Å². The van der Waals surface area contributed by atoms with Crippen LogP contribution in [0.4, 0.5) is 17.2 Å². The van der Waals surface area contributed by atoms with Crippen LogP contribution in [0.25, 0.3) is 0 Å². The fourth-order valence-electron chi connectivity index (χ4n) is 2.69. The molecule has 0 aliphatic rings. The van der Waals surface area contributed by atoms with Crippen LogP contribution in [0.1, 0.15) is 33.0 Å². The van der Waals surface area contributed by atoms with Crippen LogP contribution in [0.3, 0.4) is 0 Å². The third-order valence-corrected chi connectivity index (χ3v) is 4.21. The van der Waals surface area contributed by atoms with Crippen molar-refractivity contribution in [2.45, 2.75) is 27.7 Å². The molecular weight excluding hydrogens is 324 g/mol. The Balaban J connectivity index is 1.84. The second kappa shape index (κ2) is 7.35. The van der Waals surface area contributed by atoms with E-state index in [0.717, 1.165) is 28.1 Å². The number of rotatable bonds is 4. The summed E-state index contributed by atoms with van der Waals surface area (Å²) >= 11 is 0. The first-order valence-corrected chi connectivity index (χ1v) is 8.49. The summed E-state index contributed by atoms with van der Waals surface area (Å²) < 4.78 is 0. The van der Waals surface area contributed by atoms with Gasteiger partial charge in [0.15, 0.2) is 0 Å². The molecule has 5 heteroatoms. The van der Waals surface area contributed by atoms with Crippen LogP contribution in [0.2, 0.25) is 0 Å². The predicted molar refractivity (Wildman–Crippen MR) is 105 cm³/mol. The molecule has 3 rings (SSSR count). The minimum Gasteiger partial charge on any atom is -0.340 e. The Morgan fingerprint density at radius 2 is 1.69 bits per heavy atom. The van der Waals surface area contributed by atoms with E-state index < -0.39 is 0 Å². The van der Waals surface area contributed by atoms with Crippen LogP contribution in [0, 0.1) is 27.7 Å². The molecule has 1 aromatic heterocycles. The Kier molecular flexibility index (Phi) is 4.98. The van der Waals surface area contributed by atoms with Gasteiger partial charge in [-0.1, -0.05) is 24.3 Å². The number of nitrogens with one attached hydrogen (secondary N) is 2. The number of hydrogen-bond acceptors (Lipinski definition) is 4. The molecule has 1 heterocycles. The first kappa shape index (κ1) is 17.6. The van der Waals surface area contributed by atoms with Crippen LogP contribution in [0.5, 0.6) is 0 Å². The molecule has 26 heavy (non-hydrogen) atoms. The second-order valence-electron chi connectivity index (χ2n) is 6.38. The van der Waals surface area contributed by atoms with E-state index >= 15 is 0 Å². The molecule has 0 unspecified atom stereocenters. The first-order chi connectivity index (χ1) is 12.4. The number of hydrogen-bond donors (Lipinski definition) is 2. The number of aryl methyl sites for hydroxylation is 3. The van der Waals surface area contributed by atoms with Crippen LogP contribution in [0.15, 0.2) is 48.5 Å². The molecule has 2 aromatic carbocycles. The summed E-state index contributed by atoms with van der Waals surface area (Å²) in [6.07, 6.45) is 0. The SMILES string of the molecule is Cc1cccc(Nc2cc(C(=O)Nc3cccc(C)c3C)nc(C)n2)c1. The lowest BCUT2D eigenvalue weighted by Gasteiger charge is -2.12. The highest BCUT2D eigenvalue weighted by Crippen LogP contribution is 2.20. The average molecular weight is 346 g/mol. The average Bonchev–Trinajstić information content (AvgIpc) is 2.58. The van der Waals surface area contributed by atoms with Crippen molar-refractivity contribution in [2.24, 2.45) is 0 Å². The zero-order chi connectivity index (χ0) is 18.7. The van der Waals surface area contributed by atoms with Crippen LogP contribution < -0.4 is 10.6 Å². The van der Waals surface area contributed by atoms with Gasteiger partial charge < -0.3 is 10.6 Å². The molecule has 0 atom stereocenters. The molecule has 0 aliphatic carbocycles. The number of aromatic nitrogens is 2. The number of nitrogens with zero attached hydrogens (tertiary/aromatic N) is 2. The quantitative estimate of drug-likeness (QED) is 0.718. The summed E-state index contributed by atoms with van der Waals surface area (Å²) in [5, 5.41) is 6.17. The van der Waals surface area contributed by atoms with Crippen molar-refractivity contribution in [3.63, 3.8) is 0 Å². The predicted octanol–water partition coefficient (Wildman–Crippen LogP) is 4.71. The van der Waals surface area contributed by atoms with Gasteiger partial charge >= 0.3 is 0 Å². The number of carbonyl (C=O) groups is 1. The smallest absolute Gasteiger partial charge is 0.274 e. The van der Waals surface area contributed by atoms with Gasteiger partial charge in [-0.05, 0) is 62.6 Å². The van der Waals surface area contributed by atoms with Crippen molar-refractivity contribution in [1.29, 1.82) is 0 Å². The lowest BCUT2D eigenvalue weighted by molar-refractivity contribution is 0.102. The van der Waals surface area contributed by atoms with E-state index in [0.29, 0.717) is 17.3 Å². The molecule has 0 bridgehead atoms. The monoisotopic (exact) mass is 346 g/mol. The summed E-state index contributed by atoms with van der Waals surface area (Å²) in [6.45, 7) is 7.81. The van der Waals surface area contributed by atoms with E-state index in [4.69, 9.17) is 0 Å². The Hall–Kier alpha value is -3.21. The first-order valence-electron chi connectivity index (χ1n) is 8.49. The molecule has 0 spiro atoms. The normalized spacial score (nSPS) is 10.5. The van der Waals surface area contributed by atoms with E-state index in [1.54, 1.807) is 13.0 Å². The number of amides is 1. The van der Waals surface area contributed by atoms with Gasteiger partial charge in [-0.3, -0.25) is 4.79 Å². The number of anilines is 3. The van der Waals surface area contributed by atoms with Gasteiger partial charge in [0.2, 0.25) is 0 Å². The number of benzene rings is 2. The Bertz CT molecular complexity index is 966. The molecule has 0 fully saturated rings. The maximum Gasteiger partial charge on any atom is 0.274 e. The molecule has 0 saturated heterocycles. The third-order valence-electron chi connectivity index (χ3n) is 4.21. The summed E-state index contributed by atoms with van der Waals surface area (Å²) in [5.41, 5.74) is 5.36. The minimum absolute atomic E-state index is 0.253. The molecule has 5 nitrogen and oxygen atoms in total. The maximum absolute atomic E-state index is 12.7. The molecule has 132 valence electrons. The van der Waals surface area contributed by atoms with Crippen LogP contribution in [-0.4, -0.2) is 15.9 Å². The molecule has 1 amide bonds. The van der Waals surface area contributed by atoms with Gasteiger partial charge in [-0.15, -0.1) is 0 Å². The van der Waals surface area contributed by atoms with Gasteiger partial charge in [0.25, 0.3) is 5.91 Å². The van der Waals surface area contributed by atoms with E-state index in [-0.39, 0.29) is 5.91 Å². The number of carbonyl (C=O) groups excluding carboxylic acids is 1. The fraction of sp³-hybridized carbons (Fsp3) is 0.190. The topological polar surface area (TPSA) is 66.9 Å². The van der Waals surface area contributed by atoms with E-state index in [2.05, 4.69) is 20.6 Å². The van der Waals surface area contributed by atoms with Crippen molar-refractivity contribution >= 4 is 23.1 Å². The molecule has 0 saturated carbocycles. The summed E-state index contributed by atoms with van der Waals surface area (Å²) in [5.74, 6) is 0.875. The second-order valence-corrected chi connectivity index (χ2v) is 6.38. The van der Waals surface area contributed by atoms with Crippen LogP contribution >= 0.6 is 0 Å². The molecule has 2 N–H and O–H groups in total. The van der Waals surface area contributed by atoms with Crippen molar-refractivity contribution in [2.75, 3.05) is 10.6 Å². The molecule has 3 aromatic rings. The van der Waals surface area contributed by atoms with Gasteiger partial charge in [0.05, 0.1) is 0 Å². The summed E-state index contributed by atoms with van der Waals surface area (Å²) in [6, 6.07) is 15.5. The Labute approximate surface area is 153 Å². The van der Waals surface area contributed by atoms with Gasteiger partial charge in [-0.2, -0.15) is 0 Å². The zero-order valence-corrected chi connectivity index (χ0v) is 15.4. The highest BCUT2D eigenvalue weighted by atomic mass is 16.1. The summed E-state index contributed by atoms with van der Waals surface area (Å²) in [4.78, 5) is 21.3.